The average Bonchev–Trinajstić information content (AvgIpc) is 2.72. The van der Waals surface area contributed by atoms with Gasteiger partial charge in [0.25, 0.3) is 0 Å². The zero-order valence-electron chi connectivity index (χ0n) is 11.7. The third kappa shape index (κ3) is 3.13. The van der Waals surface area contributed by atoms with Crippen molar-refractivity contribution < 1.29 is 13.9 Å². The minimum Gasteiger partial charge on any atom is -0.449 e. The number of nitrogens with one attached hydrogen (secondary N) is 1. The first-order valence-corrected chi connectivity index (χ1v) is 7.42. The summed E-state index contributed by atoms with van der Waals surface area (Å²) in [5, 5.41) is 3.19. The van der Waals surface area contributed by atoms with Gasteiger partial charge in [-0.2, -0.15) is 0 Å². The van der Waals surface area contributed by atoms with Crippen LogP contribution in [0, 0.1) is 5.82 Å². The summed E-state index contributed by atoms with van der Waals surface area (Å²) in [6, 6.07) is 10.5. The zero-order valence-corrected chi connectivity index (χ0v) is 13.3. The molecule has 1 aliphatic heterocycles. The predicted octanol–water partition coefficient (Wildman–Crippen LogP) is 4.71. The molecule has 3 nitrogen and oxygen atoms in total. The van der Waals surface area contributed by atoms with Crippen LogP contribution in [0.15, 0.2) is 40.9 Å². The molecule has 0 bridgehead atoms. The smallest absolute Gasteiger partial charge is 0.246 e. The molecule has 3 rings (SSSR count). The van der Waals surface area contributed by atoms with Crippen LogP contribution < -0.4 is 14.8 Å². The summed E-state index contributed by atoms with van der Waals surface area (Å²) >= 11 is 3.34. The minimum absolute atomic E-state index is 0.229. The van der Waals surface area contributed by atoms with Gasteiger partial charge in [0.1, 0.15) is 5.82 Å². The largest absolute Gasteiger partial charge is 0.449 e. The Hall–Kier alpha value is -1.75. The molecule has 21 heavy (non-hydrogen) atoms. The molecule has 0 aliphatic carbocycles. The van der Waals surface area contributed by atoms with Crippen molar-refractivity contribution in [2.75, 3.05) is 5.32 Å². The van der Waals surface area contributed by atoms with Crippen molar-refractivity contribution in [1.82, 2.24) is 0 Å². The van der Waals surface area contributed by atoms with E-state index in [1.165, 1.54) is 6.07 Å². The van der Waals surface area contributed by atoms with Gasteiger partial charge in [0.05, 0.1) is 0 Å². The van der Waals surface area contributed by atoms with E-state index in [1.54, 1.807) is 12.1 Å². The van der Waals surface area contributed by atoms with Gasteiger partial charge in [-0.1, -0.05) is 15.9 Å². The van der Waals surface area contributed by atoms with Crippen molar-refractivity contribution in [3.05, 3.63) is 52.3 Å². The molecule has 0 amide bonds. The van der Waals surface area contributed by atoms with Gasteiger partial charge < -0.3 is 14.8 Å². The van der Waals surface area contributed by atoms with Crippen LogP contribution in [0.5, 0.6) is 11.5 Å². The van der Waals surface area contributed by atoms with Crippen LogP contribution >= 0.6 is 15.9 Å². The van der Waals surface area contributed by atoms with E-state index in [-0.39, 0.29) is 5.82 Å². The molecule has 0 saturated carbocycles. The average molecular weight is 352 g/mol. The Labute approximate surface area is 131 Å². The number of halogens is 2. The van der Waals surface area contributed by atoms with E-state index in [9.17, 15) is 4.39 Å². The van der Waals surface area contributed by atoms with Crippen molar-refractivity contribution in [2.24, 2.45) is 0 Å². The quantitative estimate of drug-likeness (QED) is 0.868. The summed E-state index contributed by atoms with van der Waals surface area (Å²) in [7, 11) is 0. The third-order valence-corrected chi connectivity index (χ3v) is 3.64. The highest BCUT2D eigenvalue weighted by Gasteiger charge is 2.31. The molecular weight excluding hydrogens is 337 g/mol. The lowest BCUT2D eigenvalue weighted by Gasteiger charge is -2.16. The number of ether oxygens (including phenoxy) is 2. The summed E-state index contributed by atoms with van der Waals surface area (Å²) in [5.41, 5.74) is 1.46. The van der Waals surface area contributed by atoms with Crippen LogP contribution in [0.4, 0.5) is 10.1 Å². The predicted molar refractivity (Wildman–Crippen MR) is 83.2 cm³/mol. The number of rotatable bonds is 3. The zero-order chi connectivity index (χ0) is 15.0. The minimum atomic E-state index is -0.642. The topological polar surface area (TPSA) is 30.5 Å². The van der Waals surface area contributed by atoms with Crippen molar-refractivity contribution in [3.63, 3.8) is 0 Å². The molecule has 2 aromatic carbocycles. The maximum absolute atomic E-state index is 13.7. The molecule has 0 atom stereocenters. The van der Waals surface area contributed by atoms with Gasteiger partial charge in [-0.05, 0) is 30.3 Å². The fraction of sp³-hybridized carbons (Fsp3) is 0.250. The summed E-state index contributed by atoms with van der Waals surface area (Å²) in [4.78, 5) is 0. The maximum atomic E-state index is 13.7. The van der Waals surface area contributed by atoms with Crippen molar-refractivity contribution >= 4 is 21.6 Å². The van der Waals surface area contributed by atoms with E-state index in [0.29, 0.717) is 17.9 Å². The Balaban J connectivity index is 1.74. The van der Waals surface area contributed by atoms with Crippen molar-refractivity contribution in [3.8, 4) is 11.5 Å². The lowest BCUT2D eigenvalue weighted by Crippen LogP contribution is -2.29. The fourth-order valence-corrected chi connectivity index (χ4v) is 2.62. The monoisotopic (exact) mass is 351 g/mol. The van der Waals surface area contributed by atoms with Crippen molar-refractivity contribution in [2.45, 2.75) is 26.2 Å². The van der Waals surface area contributed by atoms with Crippen LogP contribution in [0.25, 0.3) is 0 Å². The normalized spacial score (nSPS) is 15.0. The fourth-order valence-electron chi connectivity index (χ4n) is 2.21. The van der Waals surface area contributed by atoms with Crippen LogP contribution in [-0.2, 0) is 6.54 Å². The lowest BCUT2D eigenvalue weighted by molar-refractivity contribution is -0.0431. The van der Waals surface area contributed by atoms with Gasteiger partial charge in [0, 0.05) is 42.2 Å². The molecule has 0 saturated heterocycles. The molecule has 1 aliphatic rings. The van der Waals surface area contributed by atoms with Gasteiger partial charge in [0.2, 0.25) is 5.79 Å². The highest BCUT2D eigenvalue weighted by molar-refractivity contribution is 9.10. The number of hydrogen-bond donors (Lipinski definition) is 1. The lowest BCUT2D eigenvalue weighted by atomic mass is 10.2. The van der Waals surface area contributed by atoms with Gasteiger partial charge in [-0.25, -0.2) is 4.39 Å². The standard InChI is InChI=1S/C16H15BrFNO2/c1-16(2)20-14-6-4-12(8-15(14)21-16)19-9-10-7-11(17)3-5-13(10)18/h3-8,19H,9H2,1-2H3. The summed E-state index contributed by atoms with van der Waals surface area (Å²) in [5.74, 6) is 0.545. The molecule has 0 radical (unpaired) electrons. The Morgan fingerprint density at radius 3 is 2.67 bits per heavy atom. The second kappa shape index (κ2) is 5.22. The first kappa shape index (κ1) is 14.2. The highest BCUT2D eigenvalue weighted by atomic mass is 79.9. The molecular formula is C16H15BrFNO2. The van der Waals surface area contributed by atoms with E-state index in [1.807, 2.05) is 32.0 Å². The van der Waals surface area contributed by atoms with Crippen LogP contribution in [0.1, 0.15) is 19.4 Å². The van der Waals surface area contributed by atoms with E-state index < -0.39 is 5.79 Å². The van der Waals surface area contributed by atoms with Crippen LogP contribution in [0.2, 0.25) is 0 Å². The van der Waals surface area contributed by atoms with E-state index in [4.69, 9.17) is 9.47 Å². The van der Waals surface area contributed by atoms with E-state index in [2.05, 4.69) is 21.2 Å². The van der Waals surface area contributed by atoms with Gasteiger partial charge in [-0.15, -0.1) is 0 Å². The van der Waals surface area contributed by atoms with E-state index in [0.717, 1.165) is 15.9 Å². The first-order chi connectivity index (χ1) is 9.93. The Morgan fingerprint density at radius 1 is 1.10 bits per heavy atom. The number of fused-ring (bicyclic) bond motifs is 1. The first-order valence-electron chi connectivity index (χ1n) is 6.63. The molecule has 0 spiro atoms. The highest BCUT2D eigenvalue weighted by Crippen LogP contribution is 2.40. The molecule has 5 heteroatoms. The van der Waals surface area contributed by atoms with Gasteiger partial charge >= 0.3 is 0 Å². The number of anilines is 1. The van der Waals surface area contributed by atoms with Crippen molar-refractivity contribution in [1.29, 1.82) is 0 Å². The second-order valence-electron chi connectivity index (χ2n) is 5.35. The molecule has 0 unspecified atom stereocenters. The summed E-state index contributed by atoms with van der Waals surface area (Å²) < 4.78 is 25.9. The Morgan fingerprint density at radius 2 is 1.86 bits per heavy atom. The molecule has 0 fully saturated rings. The molecule has 1 heterocycles. The summed E-state index contributed by atoms with van der Waals surface area (Å²) in [6.07, 6.45) is 0. The Kier molecular flexibility index (Phi) is 3.53. The molecule has 2 aromatic rings. The maximum Gasteiger partial charge on any atom is 0.246 e. The SMILES string of the molecule is CC1(C)Oc2ccc(NCc3cc(Br)ccc3F)cc2O1. The second-order valence-corrected chi connectivity index (χ2v) is 6.27. The van der Waals surface area contributed by atoms with Gasteiger partial charge in [0.15, 0.2) is 11.5 Å². The van der Waals surface area contributed by atoms with Crippen LogP contribution in [0.3, 0.4) is 0 Å². The Bertz CT molecular complexity index is 688. The molecule has 110 valence electrons. The van der Waals surface area contributed by atoms with Gasteiger partial charge in [-0.3, -0.25) is 0 Å². The molecule has 0 aromatic heterocycles. The third-order valence-electron chi connectivity index (χ3n) is 3.15. The number of benzene rings is 2. The van der Waals surface area contributed by atoms with E-state index >= 15 is 0 Å². The molecule has 1 N–H and O–H groups in total. The van der Waals surface area contributed by atoms with Crippen LogP contribution in [-0.4, -0.2) is 5.79 Å². The summed E-state index contributed by atoms with van der Waals surface area (Å²) in [6.45, 7) is 4.11. The number of hydrogen-bond acceptors (Lipinski definition) is 3.